The van der Waals surface area contributed by atoms with Crippen molar-refractivity contribution in [3.8, 4) is 5.75 Å². The molecule has 0 saturated carbocycles. The second-order valence-corrected chi connectivity index (χ2v) is 7.69. The summed E-state index contributed by atoms with van der Waals surface area (Å²) in [6.07, 6.45) is -0.296. The largest absolute Gasteiger partial charge is 0.489 e. The van der Waals surface area contributed by atoms with Crippen molar-refractivity contribution in [3.63, 3.8) is 0 Å². The standard InChI is InChI=1S/C19H23Cl2N5O5/c1-25-16-15(17(28)24-19(25)29)26(18(23-16)22-6-3-7-30-2)9-12(27)10-31-14-5-4-11(20)8-13(14)21/h4-5,8,12,27H,3,6-7,9-10H2,1-2H3,(H,22,23)(H,24,28,29)/t12-/m0/s1. The Kier molecular flexibility index (Phi) is 7.60. The number of ether oxygens (including phenoxy) is 2. The van der Waals surface area contributed by atoms with E-state index in [0.717, 1.165) is 0 Å². The monoisotopic (exact) mass is 471 g/mol. The number of nitrogens with zero attached hydrogens (tertiary/aromatic N) is 3. The summed E-state index contributed by atoms with van der Waals surface area (Å²) in [6.45, 7) is 0.976. The molecule has 12 heteroatoms. The third-order valence-electron chi connectivity index (χ3n) is 4.53. The number of methoxy groups -OCH3 is 1. The van der Waals surface area contributed by atoms with E-state index < -0.39 is 17.4 Å². The minimum absolute atomic E-state index is 0.00436. The molecule has 1 atom stereocenters. The van der Waals surface area contributed by atoms with Gasteiger partial charge in [-0.05, 0) is 24.6 Å². The Labute approximate surface area is 187 Å². The molecule has 0 bridgehead atoms. The fourth-order valence-electron chi connectivity index (χ4n) is 3.01. The average Bonchev–Trinajstić information content (AvgIpc) is 3.07. The maximum Gasteiger partial charge on any atom is 0.329 e. The van der Waals surface area contributed by atoms with E-state index in [2.05, 4.69) is 15.3 Å². The first-order valence-corrected chi connectivity index (χ1v) is 10.3. The molecule has 0 unspecified atom stereocenters. The summed E-state index contributed by atoms with van der Waals surface area (Å²) in [7, 11) is 3.11. The van der Waals surface area contributed by atoms with Gasteiger partial charge in [0.15, 0.2) is 11.2 Å². The van der Waals surface area contributed by atoms with Crippen molar-refractivity contribution in [2.24, 2.45) is 7.05 Å². The first-order valence-electron chi connectivity index (χ1n) is 9.50. The Morgan fingerprint density at radius 3 is 2.81 bits per heavy atom. The fourth-order valence-corrected chi connectivity index (χ4v) is 3.47. The fraction of sp³-hybridized carbons (Fsp3) is 0.421. The predicted molar refractivity (Wildman–Crippen MR) is 119 cm³/mol. The zero-order valence-electron chi connectivity index (χ0n) is 17.0. The maximum atomic E-state index is 12.5. The van der Waals surface area contributed by atoms with E-state index in [-0.39, 0.29) is 24.3 Å². The number of H-pyrrole nitrogens is 1. The van der Waals surface area contributed by atoms with E-state index in [1.54, 1.807) is 19.2 Å². The van der Waals surface area contributed by atoms with Crippen LogP contribution < -0.4 is 21.3 Å². The van der Waals surface area contributed by atoms with Crippen molar-refractivity contribution >= 4 is 40.3 Å². The van der Waals surface area contributed by atoms with Crippen molar-refractivity contribution < 1.29 is 14.6 Å². The SMILES string of the molecule is COCCCNc1nc2c(c(=O)[nH]c(=O)n2C)n1C[C@H](O)COc1ccc(Cl)cc1Cl. The molecule has 0 fully saturated rings. The number of imidazole rings is 1. The van der Waals surface area contributed by atoms with Crippen molar-refractivity contribution in [2.45, 2.75) is 19.1 Å². The van der Waals surface area contributed by atoms with Crippen LogP contribution in [0, 0.1) is 0 Å². The van der Waals surface area contributed by atoms with Crippen LogP contribution in [0.4, 0.5) is 5.95 Å². The van der Waals surface area contributed by atoms with Gasteiger partial charge in [-0.2, -0.15) is 4.98 Å². The maximum absolute atomic E-state index is 12.5. The van der Waals surface area contributed by atoms with E-state index >= 15 is 0 Å². The molecule has 0 aliphatic heterocycles. The lowest BCUT2D eigenvalue weighted by atomic mass is 10.3. The lowest BCUT2D eigenvalue weighted by Gasteiger charge is -2.16. The zero-order valence-corrected chi connectivity index (χ0v) is 18.5. The summed E-state index contributed by atoms with van der Waals surface area (Å²) in [4.78, 5) is 31.1. The highest BCUT2D eigenvalue weighted by atomic mass is 35.5. The first-order chi connectivity index (χ1) is 14.8. The number of hydrogen-bond acceptors (Lipinski definition) is 7. The van der Waals surface area contributed by atoms with Gasteiger partial charge in [0.2, 0.25) is 5.95 Å². The average molecular weight is 472 g/mol. The molecule has 3 rings (SSSR count). The van der Waals surface area contributed by atoms with E-state index in [0.29, 0.717) is 41.3 Å². The molecule has 0 aliphatic rings. The van der Waals surface area contributed by atoms with E-state index in [1.165, 1.54) is 22.2 Å². The first kappa shape index (κ1) is 23.1. The molecule has 3 aromatic rings. The molecule has 0 amide bonds. The predicted octanol–water partition coefficient (Wildman–Crippen LogP) is 1.62. The molecule has 0 aliphatic carbocycles. The Bertz CT molecular complexity index is 1170. The summed E-state index contributed by atoms with van der Waals surface area (Å²) in [5.74, 6) is 0.722. The van der Waals surface area contributed by atoms with Crippen molar-refractivity contribution in [1.29, 1.82) is 0 Å². The van der Waals surface area contributed by atoms with Gasteiger partial charge in [-0.1, -0.05) is 23.2 Å². The molecule has 2 heterocycles. The number of fused-ring (bicyclic) bond motifs is 1. The topological polar surface area (TPSA) is 123 Å². The van der Waals surface area contributed by atoms with Gasteiger partial charge in [-0.25, -0.2) is 4.79 Å². The molecule has 10 nitrogen and oxygen atoms in total. The molecule has 2 aromatic heterocycles. The summed E-state index contributed by atoms with van der Waals surface area (Å²) < 4.78 is 13.4. The number of halogens is 2. The summed E-state index contributed by atoms with van der Waals surface area (Å²) in [5.41, 5.74) is -0.796. The number of hydrogen-bond donors (Lipinski definition) is 3. The van der Waals surface area contributed by atoms with Gasteiger partial charge >= 0.3 is 5.69 Å². The van der Waals surface area contributed by atoms with Gasteiger partial charge in [0.25, 0.3) is 5.56 Å². The molecule has 0 spiro atoms. The summed E-state index contributed by atoms with van der Waals surface area (Å²) in [6, 6.07) is 4.77. The highest BCUT2D eigenvalue weighted by Crippen LogP contribution is 2.27. The Balaban J connectivity index is 1.85. The van der Waals surface area contributed by atoms with Crippen LogP contribution in [0.2, 0.25) is 10.0 Å². The van der Waals surface area contributed by atoms with Crippen LogP contribution in [-0.2, 0) is 18.3 Å². The summed E-state index contributed by atoms with van der Waals surface area (Å²) in [5, 5.41) is 14.5. The number of rotatable bonds is 10. The molecule has 31 heavy (non-hydrogen) atoms. The van der Waals surface area contributed by atoms with Crippen molar-refractivity contribution in [1.82, 2.24) is 19.1 Å². The van der Waals surface area contributed by atoms with Crippen LogP contribution in [0.15, 0.2) is 27.8 Å². The second kappa shape index (κ2) is 10.2. The number of aliphatic hydroxyl groups is 1. The van der Waals surface area contributed by atoms with Gasteiger partial charge in [0.1, 0.15) is 18.5 Å². The van der Waals surface area contributed by atoms with Gasteiger partial charge in [0.05, 0.1) is 11.6 Å². The smallest absolute Gasteiger partial charge is 0.329 e. The molecule has 1 aromatic carbocycles. The van der Waals surface area contributed by atoms with Crippen LogP contribution in [0.1, 0.15) is 6.42 Å². The molecule has 0 saturated heterocycles. The number of anilines is 1. The number of benzene rings is 1. The third-order valence-corrected chi connectivity index (χ3v) is 5.06. The molecule has 168 valence electrons. The van der Waals surface area contributed by atoms with E-state index in [9.17, 15) is 14.7 Å². The Hall–Kier alpha value is -2.53. The van der Waals surface area contributed by atoms with Crippen LogP contribution in [0.25, 0.3) is 11.2 Å². The lowest BCUT2D eigenvalue weighted by Crippen LogP contribution is -2.31. The molecule has 0 radical (unpaired) electrons. The second-order valence-electron chi connectivity index (χ2n) is 6.85. The number of aryl methyl sites for hydroxylation is 1. The van der Waals surface area contributed by atoms with Gasteiger partial charge < -0.3 is 24.5 Å². The number of aromatic nitrogens is 4. The molecular formula is C19H23Cl2N5O5. The highest BCUT2D eigenvalue weighted by molar-refractivity contribution is 6.35. The zero-order chi connectivity index (χ0) is 22.5. The van der Waals surface area contributed by atoms with Crippen LogP contribution in [-0.4, -0.2) is 57.2 Å². The number of aliphatic hydroxyl groups excluding tert-OH is 1. The molecule has 3 N–H and O–H groups in total. The highest BCUT2D eigenvalue weighted by Gasteiger charge is 2.20. The quantitative estimate of drug-likeness (QED) is 0.383. The third kappa shape index (κ3) is 5.40. The Morgan fingerprint density at radius 1 is 1.32 bits per heavy atom. The number of nitrogens with one attached hydrogen (secondary N) is 2. The van der Waals surface area contributed by atoms with E-state index in [4.69, 9.17) is 32.7 Å². The van der Waals surface area contributed by atoms with Crippen LogP contribution in [0.5, 0.6) is 5.75 Å². The van der Waals surface area contributed by atoms with Gasteiger partial charge in [-0.3, -0.25) is 14.3 Å². The minimum Gasteiger partial charge on any atom is -0.489 e. The van der Waals surface area contributed by atoms with Crippen LogP contribution >= 0.6 is 23.2 Å². The molecular weight excluding hydrogens is 449 g/mol. The van der Waals surface area contributed by atoms with Crippen molar-refractivity contribution in [2.75, 3.05) is 32.2 Å². The normalized spacial score (nSPS) is 12.3. The summed E-state index contributed by atoms with van der Waals surface area (Å²) >= 11 is 12.0. The van der Waals surface area contributed by atoms with Crippen LogP contribution in [0.3, 0.4) is 0 Å². The lowest BCUT2D eigenvalue weighted by molar-refractivity contribution is 0.0938. The van der Waals surface area contributed by atoms with Crippen molar-refractivity contribution in [3.05, 3.63) is 49.1 Å². The number of aromatic amines is 1. The van der Waals surface area contributed by atoms with E-state index in [1.807, 2.05) is 0 Å². The van der Waals surface area contributed by atoms with Gasteiger partial charge in [-0.15, -0.1) is 0 Å². The minimum atomic E-state index is -1.000. The van der Waals surface area contributed by atoms with Gasteiger partial charge in [0, 0.05) is 32.3 Å². The Morgan fingerprint density at radius 2 is 2.10 bits per heavy atom.